The van der Waals surface area contributed by atoms with Crippen LogP contribution in [0.4, 0.5) is 0 Å². The van der Waals surface area contributed by atoms with E-state index in [-0.39, 0.29) is 17.7 Å². The summed E-state index contributed by atoms with van der Waals surface area (Å²) in [7, 11) is 0. The first-order chi connectivity index (χ1) is 5.59. The van der Waals surface area contributed by atoms with Crippen LogP contribution >= 0.6 is 0 Å². The normalized spacial score (nSPS) is 24.4. The van der Waals surface area contributed by atoms with E-state index in [1.54, 1.807) is 0 Å². The summed E-state index contributed by atoms with van der Waals surface area (Å²) >= 11 is 0. The molecule has 1 unspecified atom stereocenters. The van der Waals surface area contributed by atoms with Crippen LogP contribution in [0.5, 0.6) is 0 Å². The second kappa shape index (κ2) is 3.70. The second-order valence-corrected chi connectivity index (χ2v) is 3.78. The molecule has 1 aliphatic rings. The zero-order valence-electron chi connectivity index (χ0n) is 7.59. The van der Waals surface area contributed by atoms with Crippen molar-refractivity contribution in [2.24, 2.45) is 11.8 Å². The molecule has 3 heteroatoms. The summed E-state index contributed by atoms with van der Waals surface area (Å²) in [4.78, 5) is 22.0. The molecular weight excluding hydrogens is 154 g/mol. The van der Waals surface area contributed by atoms with Gasteiger partial charge in [0.05, 0.1) is 0 Å². The zero-order valence-corrected chi connectivity index (χ0v) is 7.59. The first-order valence-electron chi connectivity index (χ1n) is 4.43. The third-order valence-electron chi connectivity index (χ3n) is 2.11. The quantitative estimate of drug-likeness (QED) is 0.629. The third-order valence-corrected chi connectivity index (χ3v) is 2.11. The summed E-state index contributed by atoms with van der Waals surface area (Å²) in [5.74, 6) is 0.372. The van der Waals surface area contributed by atoms with Crippen LogP contribution in [-0.2, 0) is 9.59 Å². The van der Waals surface area contributed by atoms with E-state index < -0.39 is 0 Å². The fraction of sp³-hybridized carbons (Fsp3) is 0.778. The maximum absolute atomic E-state index is 11.2. The fourth-order valence-corrected chi connectivity index (χ4v) is 1.53. The minimum Gasteiger partial charge on any atom is -0.296 e. The van der Waals surface area contributed by atoms with E-state index in [2.05, 4.69) is 19.2 Å². The van der Waals surface area contributed by atoms with Gasteiger partial charge in [0.1, 0.15) is 0 Å². The highest BCUT2D eigenvalue weighted by Gasteiger charge is 2.26. The van der Waals surface area contributed by atoms with Crippen molar-refractivity contribution in [3.8, 4) is 0 Å². The molecule has 1 atom stereocenters. The molecule has 0 spiro atoms. The predicted octanol–water partition coefficient (Wildman–Crippen LogP) is 1.09. The van der Waals surface area contributed by atoms with Crippen LogP contribution in [0.2, 0.25) is 0 Å². The molecule has 0 radical (unpaired) electrons. The van der Waals surface area contributed by atoms with Crippen molar-refractivity contribution in [2.75, 3.05) is 0 Å². The van der Waals surface area contributed by atoms with Gasteiger partial charge in [-0.25, -0.2) is 0 Å². The van der Waals surface area contributed by atoms with Crippen molar-refractivity contribution in [3.05, 3.63) is 0 Å². The zero-order chi connectivity index (χ0) is 9.14. The number of hydrogen-bond acceptors (Lipinski definition) is 2. The summed E-state index contributed by atoms with van der Waals surface area (Å²) in [5, 5.41) is 2.36. The topological polar surface area (TPSA) is 46.2 Å². The Bertz CT molecular complexity index is 199. The molecule has 0 saturated carbocycles. The van der Waals surface area contributed by atoms with Crippen LogP contribution in [0.3, 0.4) is 0 Å². The fourth-order valence-electron chi connectivity index (χ4n) is 1.53. The van der Waals surface area contributed by atoms with Gasteiger partial charge in [-0.05, 0) is 18.8 Å². The number of rotatable bonds is 2. The Morgan fingerprint density at radius 2 is 2.17 bits per heavy atom. The standard InChI is InChI=1S/C9H15NO2/c1-6(2)5-7-3-4-8(11)10-9(7)12/h6-7H,3-5H2,1-2H3,(H,10,11,12). The summed E-state index contributed by atoms with van der Waals surface area (Å²) in [6.45, 7) is 4.17. The summed E-state index contributed by atoms with van der Waals surface area (Å²) < 4.78 is 0. The number of carbonyl (C=O) groups is 2. The van der Waals surface area contributed by atoms with E-state index in [9.17, 15) is 9.59 Å². The van der Waals surface area contributed by atoms with Gasteiger partial charge in [0, 0.05) is 12.3 Å². The van der Waals surface area contributed by atoms with Crippen molar-refractivity contribution >= 4 is 11.8 Å². The van der Waals surface area contributed by atoms with Crippen molar-refractivity contribution in [3.63, 3.8) is 0 Å². The van der Waals surface area contributed by atoms with Crippen LogP contribution in [0.25, 0.3) is 0 Å². The van der Waals surface area contributed by atoms with E-state index >= 15 is 0 Å². The highest BCUT2D eigenvalue weighted by Crippen LogP contribution is 2.20. The molecule has 0 aromatic rings. The molecule has 1 fully saturated rings. The minimum atomic E-state index is -0.125. The minimum absolute atomic E-state index is 0.0581. The molecule has 3 nitrogen and oxygen atoms in total. The van der Waals surface area contributed by atoms with Gasteiger partial charge in [0.15, 0.2) is 0 Å². The van der Waals surface area contributed by atoms with Gasteiger partial charge < -0.3 is 0 Å². The van der Waals surface area contributed by atoms with Gasteiger partial charge >= 0.3 is 0 Å². The summed E-state index contributed by atoms with van der Waals surface area (Å²) in [6, 6.07) is 0. The number of amides is 2. The van der Waals surface area contributed by atoms with Crippen LogP contribution in [0.1, 0.15) is 33.1 Å². The van der Waals surface area contributed by atoms with Gasteiger partial charge in [-0.3, -0.25) is 14.9 Å². The molecule has 2 amide bonds. The van der Waals surface area contributed by atoms with Crippen LogP contribution in [0, 0.1) is 11.8 Å². The number of carbonyl (C=O) groups excluding carboxylic acids is 2. The summed E-state index contributed by atoms with van der Waals surface area (Å²) in [5.41, 5.74) is 0. The van der Waals surface area contributed by atoms with Gasteiger partial charge in [0.25, 0.3) is 0 Å². The highest BCUT2D eigenvalue weighted by atomic mass is 16.2. The Morgan fingerprint density at radius 1 is 1.50 bits per heavy atom. The van der Waals surface area contributed by atoms with Crippen molar-refractivity contribution < 1.29 is 9.59 Å². The van der Waals surface area contributed by atoms with Crippen LogP contribution in [0.15, 0.2) is 0 Å². The molecule has 68 valence electrons. The van der Waals surface area contributed by atoms with E-state index in [0.29, 0.717) is 12.3 Å². The lowest BCUT2D eigenvalue weighted by Crippen LogP contribution is -2.41. The molecule has 0 bridgehead atoms. The molecule has 0 aliphatic carbocycles. The predicted molar refractivity (Wildman–Crippen MR) is 45.3 cm³/mol. The Labute approximate surface area is 72.5 Å². The molecule has 1 N–H and O–H groups in total. The van der Waals surface area contributed by atoms with Crippen LogP contribution in [-0.4, -0.2) is 11.8 Å². The van der Waals surface area contributed by atoms with Gasteiger partial charge in [0.2, 0.25) is 11.8 Å². The molecule has 1 rings (SSSR count). The Morgan fingerprint density at radius 3 is 2.67 bits per heavy atom. The lowest BCUT2D eigenvalue weighted by Gasteiger charge is -2.21. The van der Waals surface area contributed by atoms with E-state index in [1.807, 2.05) is 0 Å². The average Bonchev–Trinajstić information content (AvgIpc) is 1.94. The number of piperidine rings is 1. The molecule has 1 saturated heterocycles. The maximum Gasteiger partial charge on any atom is 0.229 e. The van der Waals surface area contributed by atoms with Crippen molar-refractivity contribution in [1.29, 1.82) is 0 Å². The molecule has 1 aliphatic heterocycles. The van der Waals surface area contributed by atoms with Crippen LogP contribution < -0.4 is 5.32 Å². The molecule has 1 heterocycles. The number of nitrogens with one attached hydrogen (secondary N) is 1. The van der Waals surface area contributed by atoms with Gasteiger partial charge in [-0.1, -0.05) is 13.8 Å². The monoisotopic (exact) mass is 169 g/mol. The Kier molecular flexibility index (Phi) is 2.84. The maximum atomic E-state index is 11.2. The average molecular weight is 169 g/mol. The van der Waals surface area contributed by atoms with E-state index in [4.69, 9.17) is 0 Å². The van der Waals surface area contributed by atoms with Gasteiger partial charge in [-0.2, -0.15) is 0 Å². The SMILES string of the molecule is CC(C)CC1CCC(=O)NC1=O. The van der Waals surface area contributed by atoms with Crippen molar-refractivity contribution in [1.82, 2.24) is 5.32 Å². The Balaban J connectivity index is 2.45. The Hall–Kier alpha value is -0.860. The van der Waals surface area contributed by atoms with Crippen molar-refractivity contribution in [2.45, 2.75) is 33.1 Å². The third kappa shape index (κ3) is 2.32. The lowest BCUT2D eigenvalue weighted by atomic mass is 9.90. The largest absolute Gasteiger partial charge is 0.296 e. The molecule has 0 aromatic heterocycles. The highest BCUT2D eigenvalue weighted by molar-refractivity contribution is 5.98. The van der Waals surface area contributed by atoms with Gasteiger partial charge in [-0.15, -0.1) is 0 Å². The molecule has 0 aromatic carbocycles. The van der Waals surface area contributed by atoms with E-state index in [1.165, 1.54) is 0 Å². The number of hydrogen-bond donors (Lipinski definition) is 1. The molecular formula is C9H15NO2. The number of imide groups is 1. The lowest BCUT2D eigenvalue weighted by molar-refractivity contribution is -0.136. The first-order valence-corrected chi connectivity index (χ1v) is 4.43. The molecule has 12 heavy (non-hydrogen) atoms. The second-order valence-electron chi connectivity index (χ2n) is 3.78. The van der Waals surface area contributed by atoms with E-state index in [0.717, 1.165) is 12.8 Å². The smallest absolute Gasteiger partial charge is 0.229 e. The first kappa shape index (κ1) is 9.23. The summed E-state index contributed by atoms with van der Waals surface area (Å²) in [6.07, 6.45) is 2.12.